The minimum atomic E-state index is -4.06. The van der Waals surface area contributed by atoms with Gasteiger partial charge < -0.3 is 14.2 Å². The SMILES string of the molecule is COc1ccc(S(=O)(=O)Cl)c(OC)c1C(=O)OC1CCC1. The summed E-state index contributed by atoms with van der Waals surface area (Å²) in [5.74, 6) is -0.690. The zero-order valence-electron chi connectivity index (χ0n) is 11.6. The number of benzene rings is 1. The molecule has 1 aromatic rings. The third-order valence-electron chi connectivity index (χ3n) is 3.30. The van der Waals surface area contributed by atoms with Gasteiger partial charge in [0.15, 0.2) is 5.75 Å². The molecule has 8 heteroatoms. The molecule has 1 aromatic carbocycles. The van der Waals surface area contributed by atoms with Crippen molar-refractivity contribution in [3.05, 3.63) is 17.7 Å². The van der Waals surface area contributed by atoms with E-state index in [1.54, 1.807) is 0 Å². The Kier molecular flexibility index (Phi) is 4.63. The molecule has 0 spiro atoms. The second-order valence-corrected chi connectivity index (χ2v) is 7.10. The number of rotatable bonds is 5. The van der Waals surface area contributed by atoms with E-state index in [4.69, 9.17) is 24.9 Å². The normalized spacial score (nSPS) is 15.2. The molecule has 1 saturated carbocycles. The summed E-state index contributed by atoms with van der Waals surface area (Å²) in [5.41, 5.74) is -0.0753. The Bertz CT molecular complexity index is 651. The third kappa shape index (κ3) is 3.24. The van der Waals surface area contributed by atoms with Crippen LogP contribution in [0.15, 0.2) is 17.0 Å². The van der Waals surface area contributed by atoms with Crippen LogP contribution in [0.25, 0.3) is 0 Å². The molecule has 0 aromatic heterocycles. The lowest BCUT2D eigenvalue weighted by Gasteiger charge is -2.26. The van der Waals surface area contributed by atoms with Gasteiger partial charge in [-0.1, -0.05) is 0 Å². The highest BCUT2D eigenvalue weighted by atomic mass is 35.7. The largest absolute Gasteiger partial charge is 0.496 e. The molecule has 0 bridgehead atoms. The van der Waals surface area contributed by atoms with Crippen LogP contribution in [-0.2, 0) is 13.8 Å². The van der Waals surface area contributed by atoms with Crippen LogP contribution in [0.4, 0.5) is 0 Å². The van der Waals surface area contributed by atoms with Crippen LogP contribution in [0.3, 0.4) is 0 Å². The smallest absolute Gasteiger partial charge is 0.346 e. The lowest BCUT2D eigenvalue weighted by molar-refractivity contribution is 0.00836. The fourth-order valence-corrected chi connectivity index (χ4v) is 3.00. The quantitative estimate of drug-likeness (QED) is 0.607. The van der Waals surface area contributed by atoms with Crippen molar-refractivity contribution in [2.45, 2.75) is 30.3 Å². The Balaban J connectivity index is 2.51. The van der Waals surface area contributed by atoms with E-state index in [9.17, 15) is 13.2 Å². The van der Waals surface area contributed by atoms with Crippen molar-refractivity contribution >= 4 is 25.7 Å². The van der Waals surface area contributed by atoms with Gasteiger partial charge in [-0.05, 0) is 31.4 Å². The predicted molar refractivity (Wildman–Crippen MR) is 75.6 cm³/mol. The molecule has 0 amide bonds. The maximum absolute atomic E-state index is 12.3. The predicted octanol–water partition coefficient (Wildman–Crippen LogP) is 2.34. The van der Waals surface area contributed by atoms with Crippen molar-refractivity contribution in [3.8, 4) is 11.5 Å². The number of hydrogen-bond donors (Lipinski definition) is 0. The Hall–Kier alpha value is -1.47. The van der Waals surface area contributed by atoms with Gasteiger partial charge in [0.05, 0.1) is 14.2 Å². The van der Waals surface area contributed by atoms with E-state index >= 15 is 0 Å². The monoisotopic (exact) mass is 334 g/mol. The highest BCUT2D eigenvalue weighted by Crippen LogP contribution is 2.37. The molecule has 0 saturated heterocycles. The van der Waals surface area contributed by atoms with E-state index in [0.717, 1.165) is 19.3 Å². The summed E-state index contributed by atoms with van der Waals surface area (Å²) >= 11 is 0. The van der Waals surface area contributed by atoms with E-state index in [1.807, 2.05) is 0 Å². The Morgan fingerprint density at radius 3 is 2.33 bits per heavy atom. The Morgan fingerprint density at radius 1 is 1.24 bits per heavy atom. The van der Waals surface area contributed by atoms with Gasteiger partial charge in [-0.25, -0.2) is 13.2 Å². The Labute approximate surface area is 127 Å². The van der Waals surface area contributed by atoms with Crippen LogP contribution >= 0.6 is 10.7 Å². The molecule has 0 aliphatic heterocycles. The number of esters is 1. The zero-order valence-corrected chi connectivity index (χ0v) is 13.2. The van der Waals surface area contributed by atoms with E-state index in [-0.39, 0.29) is 28.1 Å². The molecule has 0 unspecified atom stereocenters. The molecular formula is C13H15ClO6S. The average molecular weight is 335 g/mol. The topological polar surface area (TPSA) is 78.9 Å². The molecule has 116 valence electrons. The molecule has 1 fully saturated rings. The van der Waals surface area contributed by atoms with Crippen LogP contribution in [0.2, 0.25) is 0 Å². The van der Waals surface area contributed by atoms with Crippen LogP contribution in [-0.4, -0.2) is 34.7 Å². The maximum atomic E-state index is 12.3. The number of methoxy groups -OCH3 is 2. The first kappa shape index (κ1) is 15.9. The molecule has 2 rings (SSSR count). The summed E-state index contributed by atoms with van der Waals surface area (Å²) in [6, 6.07) is 2.56. The summed E-state index contributed by atoms with van der Waals surface area (Å²) in [5, 5.41) is 0. The van der Waals surface area contributed by atoms with Gasteiger partial charge >= 0.3 is 5.97 Å². The van der Waals surface area contributed by atoms with Crippen molar-refractivity contribution < 1.29 is 27.4 Å². The second kappa shape index (κ2) is 6.11. The minimum absolute atomic E-state index is 0.0753. The van der Waals surface area contributed by atoms with Crippen LogP contribution in [0.5, 0.6) is 11.5 Å². The lowest BCUT2D eigenvalue weighted by atomic mass is 9.96. The Morgan fingerprint density at radius 2 is 1.90 bits per heavy atom. The number of ether oxygens (including phenoxy) is 3. The van der Waals surface area contributed by atoms with Crippen LogP contribution in [0, 0.1) is 0 Å². The van der Waals surface area contributed by atoms with Gasteiger partial charge in [-0.2, -0.15) is 0 Å². The van der Waals surface area contributed by atoms with Crippen molar-refractivity contribution in [2.24, 2.45) is 0 Å². The molecule has 1 aliphatic rings. The summed E-state index contributed by atoms with van der Waals surface area (Å²) in [7, 11) is 3.91. The van der Waals surface area contributed by atoms with E-state index in [2.05, 4.69) is 0 Å². The minimum Gasteiger partial charge on any atom is -0.496 e. The van der Waals surface area contributed by atoms with Gasteiger partial charge in [0, 0.05) is 10.7 Å². The first-order chi connectivity index (χ1) is 9.88. The van der Waals surface area contributed by atoms with E-state index in [1.165, 1.54) is 26.4 Å². The fraction of sp³-hybridized carbons (Fsp3) is 0.462. The summed E-state index contributed by atoms with van der Waals surface area (Å²) in [6.07, 6.45) is 2.44. The van der Waals surface area contributed by atoms with Gasteiger partial charge in [-0.15, -0.1) is 0 Å². The fourth-order valence-electron chi connectivity index (χ4n) is 2.00. The molecule has 0 radical (unpaired) electrons. The average Bonchev–Trinajstić information content (AvgIpc) is 2.39. The molecule has 0 atom stereocenters. The zero-order chi connectivity index (χ0) is 15.6. The molecular weight excluding hydrogens is 320 g/mol. The third-order valence-corrected chi connectivity index (χ3v) is 4.65. The molecule has 0 heterocycles. The van der Waals surface area contributed by atoms with E-state index in [0.29, 0.717) is 0 Å². The van der Waals surface area contributed by atoms with Crippen molar-refractivity contribution in [1.82, 2.24) is 0 Å². The summed E-state index contributed by atoms with van der Waals surface area (Å²) in [6.45, 7) is 0. The van der Waals surface area contributed by atoms with Gasteiger partial charge in [0.2, 0.25) is 0 Å². The van der Waals surface area contributed by atoms with Gasteiger partial charge in [0.1, 0.15) is 22.3 Å². The summed E-state index contributed by atoms with van der Waals surface area (Å²) in [4.78, 5) is 12.0. The highest BCUT2D eigenvalue weighted by molar-refractivity contribution is 8.13. The maximum Gasteiger partial charge on any atom is 0.346 e. The van der Waals surface area contributed by atoms with Crippen molar-refractivity contribution in [3.63, 3.8) is 0 Å². The van der Waals surface area contributed by atoms with E-state index < -0.39 is 15.0 Å². The molecule has 21 heavy (non-hydrogen) atoms. The van der Waals surface area contributed by atoms with Gasteiger partial charge in [-0.3, -0.25) is 0 Å². The summed E-state index contributed by atoms with van der Waals surface area (Å²) < 4.78 is 38.6. The van der Waals surface area contributed by atoms with Crippen molar-refractivity contribution in [1.29, 1.82) is 0 Å². The van der Waals surface area contributed by atoms with Crippen LogP contribution in [0.1, 0.15) is 29.6 Å². The standard InChI is InChI=1S/C13H15ClO6S/c1-18-9-6-7-10(21(14,16)17)12(19-2)11(9)13(15)20-8-4-3-5-8/h6-8H,3-5H2,1-2H3. The highest BCUT2D eigenvalue weighted by Gasteiger charge is 2.30. The first-order valence-electron chi connectivity index (χ1n) is 6.29. The lowest BCUT2D eigenvalue weighted by Crippen LogP contribution is -2.25. The molecule has 1 aliphatic carbocycles. The second-order valence-electron chi connectivity index (χ2n) is 4.57. The first-order valence-corrected chi connectivity index (χ1v) is 8.60. The number of carbonyl (C=O) groups excluding carboxylic acids is 1. The van der Waals surface area contributed by atoms with Crippen molar-refractivity contribution in [2.75, 3.05) is 14.2 Å². The number of carbonyl (C=O) groups is 1. The number of halogens is 1. The molecule has 6 nitrogen and oxygen atoms in total. The molecule has 0 N–H and O–H groups in total. The van der Waals surface area contributed by atoms with Gasteiger partial charge in [0.25, 0.3) is 9.05 Å². The number of hydrogen-bond acceptors (Lipinski definition) is 6. The van der Waals surface area contributed by atoms with Crippen LogP contribution < -0.4 is 9.47 Å².